The van der Waals surface area contributed by atoms with Gasteiger partial charge in [-0.3, -0.25) is 9.59 Å². The largest absolute Gasteiger partial charge is 0.475 e. The van der Waals surface area contributed by atoms with Crippen LogP contribution in [-0.2, 0) is 4.79 Å². The first-order valence-corrected chi connectivity index (χ1v) is 7.39. The summed E-state index contributed by atoms with van der Waals surface area (Å²) in [5.74, 6) is -6.22. The zero-order valence-electron chi connectivity index (χ0n) is 19.0. The minimum Gasteiger partial charge on any atom is -0.426 e. The maximum absolute atomic E-state index is 12.2. The molecule has 1 rings (SSSR count). The SMILES string of the molecule is [2H]C([2H])([2H])C([2H])(C[C@H](NC(=O)CCC(=O)c1cc(Cl)ccc1Cl)B(O)O)C([2H])([2H])[2H]. The molecule has 0 aliphatic carbocycles. The van der Waals surface area contributed by atoms with Gasteiger partial charge in [-0.05, 0) is 30.5 Å². The fourth-order valence-corrected chi connectivity index (χ4v) is 2.20. The number of rotatable bonds is 8. The number of ketones is 1. The van der Waals surface area contributed by atoms with Gasteiger partial charge >= 0.3 is 7.12 Å². The summed E-state index contributed by atoms with van der Waals surface area (Å²) in [5.41, 5.74) is 0.0886. The van der Waals surface area contributed by atoms with E-state index >= 15 is 0 Å². The maximum Gasteiger partial charge on any atom is 0.475 e. The van der Waals surface area contributed by atoms with Crippen LogP contribution in [0.2, 0.25) is 10.0 Å². The van der Waals surface area contributed by atoms with Crippen LogP contribution in [0.3, 0.4) is 0 Å². The second-order valence-electron chi connectivity index (χ2n) is 4.82. The Bertz CT molecular complexity index is 775. The first-order chi connectivity index (χ1) is 13.5. The van der Waals surface area contributed by atoms with Gasteiger partial charge in [0.15, 0.2) is 5.78 Å². The molecule has 0 aromatic heterocycles. The van der Waals surface area contributed by atoms with Gasteiger partial charge in [0, 0.05) is 33.0 Å². The number of nitrogens with one attached hydrogen (secondary N) is 1. The molecule has 0 heterocycles. The standard InChI is InChI=1S/C15H20BCl2NO4/c1-9(2)7-14(16(22)23)19-15(21)6-5-13(20)11-8-10(17)3-4-12(11)18/h3-4,8-9,14,22-23H,5-7H2,1-2H3,(H,19,21)/t14-/m0/s1/i1D3,2D3,9D. The molecule has 1 amide bonds. The molecule has 3 N–H and O–H groups in total. The molecule has 0 saturated heterocycles. The average Bonchev–Trinajstić information content (AvgIpc) is 2.58. The van der Waals surface area contributed by atoms with Crippen molar-refractivity contribution in [1.82, 2.24) is 5.32 Å². The number of hydrogen-bond donors (Lipinski definition) is 3. The summed E-state index contributed by atoms with van der Waals surface area (Å²) in [6.45, 7) is -6.59. The van der Waals surface area contributed by atoms with Crippen molar-refractivity contribution in [2.24, 2.45) is 5.89 Å². The summed E-state index contributed by atoms with van der Waals surface area (Å²) >= 11 is 11.7. The maximum atomic E-state index is 12.2. The molecular formula is C15H20BCl2NO4. The predicted molar refractivity (Wildman–Crippen MR) is 91.6 cm³/mol. The van der Waals surface area contributed by atoms with Gasteiger partial charge in [0.05, 0.1) is 11.0 Å². The Balaban J connectivity index is 2.87. The highest BCUT2D eigenvalue weighted by atomic mass is 35.5. The fraction of sp³-hybridized carbons (Fsp3) is 0.467. The molecule has 126 valence electrons. The lowest BCUT2D eigenvalue weighted by molar-refractivity contribution is -0.121. The molecule has 1 atom stereocenters. The Hall–Kier alpha value is -1.08. The monoisotopic (exact) mass is 366 g/mol. The minimum atomic E-state index is -3.30. The normalized spacial score (nSPS) is 18.2. The number of carbonyl (C=O) groups is 2. The van der Waals surface area contributed by atoms with Crippen molar-refractivity contribution in [2.45, 2.75) is 38.9 Å². The van der Waals surface area contributed by atoms with Crippen molar-refractivity contribution in [3.05, 3.63) is 33.8 Å². The van der Waals surface area contributed by atoms with Crippen molar-refractivity contribution >= 4 is 42.0 Å². The quantitative estimate of drug-likeness (QED) is 0.487. The van der Waals surface area contributed by atoms with Crippen LogP contribution in [0.25, 0.3) is 0 Å². The number of carbonyl (C=O) groups excluding carboxylic acids is 2. The third kappa shape index (κ3) is 6.91. The van der Waals surface area contributed by atoms with Crippen LogP contribution in [0.1, 0.15) is 52.9 Å². The molecule has 1 aromatic rings. The molecule has 0 radical (unpaired) electrons. The fourth-order valence-electron chi connectivity index (χ4n) is 1.80. The van der Waals surface area contributed by atoms with Gasteiger partial charge in [-0.25, -0.2) is 0 Å². The van der Waals surface area contributed by atoms with E-state index in [1.165, 1.54) is 18.2 Å². The highest BCUT2D eigenvalue weighted by Gasteiger charge is 2.26. The van der Waals surface area contributed by atoms with Crippen LogP contribution < -0.4 is 5.32 Å². The highest BCUT2D eigenvalue weighted by Crippen LogP contribution is 2.22. The highest BCUT2D eigenvalue weighted by molar-refractivity contribution is 6.43. The van der Waals surface area contributed by atoms with Crippen molar-refractivity contribution in [2.75, 3.05) is 0 Å². The summed E-state index contributed by atoms with van der Waals surface area (Å²) in [4.78, 5) is 24.4. The van der Waals surface area contributed by atoms with Crippen LogP contribution in [0.15, 0.2) is 18.2 Å². The second kappa shape index (κ2) is 9.28. The van der Waals surface area contributed by atoms with E-state index < -0.39 is 57.2 Å². The summed E-state index contributed by atoms with van der Waals surface area (Å²) in [5, 5.41) is 21.4. The Labute approximate surface area is 156 Å². The number of Topliss-reactive ketones (excluding diaryl/α,β-unsaturated/α-hetero) is 1. The zero-order chi connectivity index (χ0) is 23.5. The van der Waals surface area contributed by atoms with Gasteiger partial charge in [0.2, 0.25) is 5.91 Å². The van der Waals surface area contributed by atoms with E-state index in [4.69, 9.17) is 32.8 Å². The van der Waals surface area contributed by atoms with E-state index in [2.05, 4.69) is 5.32 Å². The molecule has 0 fully saturated rings. The third-order valence-electron chi connectivity index (χ3n) is 2.94. The Morgan fingerprint density at radius 2 is 2.04 bits per heavy atom. The van der Waals surface area contributed by atoms with Gasteiger partial charge in [0.1, 0.15) is 0 Å². The zero-order valence-corrected chi connectivity index (χ0v) is 13.5. The molecule has 8 heteroatoms. The molecule has 23 heavy (non-hydrogen) atoms. The molecule has 5 nitrogen and oxygen atoms in total. The Morgan fingerprint density at radius 3 is 2.65 bits per heavy atom. The summed E-state index contributed by atoms with van der Waals surface area (Å²) in [6.07, 6.45) is -1.85. The van der Waals surface area contributed by atoms with Crippen LogP contribution in [-0.4, -0.2) is 34.8 Å². The molecule has 0 aliphatic rings. The number of amides is 1. The van der Waals surface area contributed by atoms with Crippen LogP contribution >= 0.6 is 23.2 Å². The van der Waals surface area contributed by atoms with Crippen LogP contribution in [0.4, 0.5) is 0 Å². The molecular weight excluding hydrogens is 340 g/mol. The molecule has 0 unspecified atom stereocenters. The lowest BCUT2D eigenvalue weighted by Crippen LogP contribution is -2.47. The van der Waals surface area contributed by atoms with E-state index in [9.17, 15) is 19.6 Å². The minimum absolute atomic E-state index is 0.0886. The van der Waals surface area contributed by atoms with Crippen molar-refractivity contribution in [3.63, 3.8) is 0 Å². The summed E-state index contributed by atoms with van der Waals surface area (Å²) in [6, 6.07) is 4.21. The third-order valence-corrected chi connectivity index (χ3v) is 3.50. The van der Waals surface area contributed by atoms with E-state index in [1.54, 1.807) is 0 Å². The summed E-state index contributed by atoms with van der Waals surface area (Å²) < 4.78 is 52.2. The molecule has 0 bridgehead atoms. The van der Waals surface area contributed by atoms with E-state index in [1.807, 2.05) is 0 Å². The lowest BCUT2D eigenvalue weighted by atomic mass is 9.75. The second-order valence-corrected chi connectivity index (χ2v) is 5.66. The average molecular weight is 367 g/mol. The molecule has 0 spiro atoms. The first-order valence-electron chi connectivity index (χ1n) is 10.1. The van der Waals surface area contributed by atoms with E-state index in [0.717, 1.165) is 0 Å². The predicted octanol–water partition coefficient (Wildman–Crippen LogP) is 2.50. The van der Waals surface area contributed by atoms with Gasteiger partial charge in [-0.15, -0.1) is 0 Å². The topological polar surface area (TPSA) is 86.6 Å². The number of benzene rings is 1. The van der Waals surface area contributed by atoms with Crippen molar-refractivity contribution in [3.8, 4) is 0 Å². The molecule has 0 aliphatic heterocycles. The number of halogens is 2. The van der Waals surface area contributed by atoms with Gasteiger partial charge in [0.25, 0.3) is 0 Å². The summed E-state index contributed by atoms with van der Waals surface area (Å²) in [7, 11) is -2.33. The van der Waals surface area contributed by atoms with Crippen molar-refractivity contribution in [1.29, 1.82) is 0 Å². The van der Waals surface area contributed by atoms with Crippen LogP contribution in [0, 0.1) is 5.89 Å². The van der Waals surface area contributed by atoms with Gasteiger partial charge in [-0.1, -0.05) is 36.9 Å². The van der Waals surface area contributed by atoms with Gasteiger partial charge in [-0.2, -0.15) is 0 Å². The first kappa shape index (κ1) is 11.5. The Morgan fingerprint density at radius 1 is 1.35 bits per heavy atom. The smallest absolute Gasteiger partial charge is 0.426 e. The molecule has 1 aromatic carbocycles. The Kier molecular flexibility index (Phi) is 4.63. The van der Waals surface area contributed by atoms with Gasteiger partial charge < -0.3 is 15.4 Å². The van der Waals surface area contributed by atoms with E-state index in [0.29, 0.717) is 0 Å². The van der Waals surface area contributed by atoms with Crippen LogP contribution in [0.5, 0.6) is 0 Å². The van der Waals surface area contributed by atoms with Crippen molar-refractivity contribution < 1.29 is 29.2 Å². The van der Waals surface area contributed by atoms with E-state index in [-0.39, 0.29) is 22.0 Å². The number of hydrogen-bond acceptors (Lipinski definition) is 4. The molecule has 0 saturated carbocycles. The lowest BCUT2D eigenvalue weighted by Gasteiger charge is -2.19.